The minimum atomic E-state index is -0.837. The Kier molecular flexibility index (Phi) is 7.53. The van der Waals surface area contributed by atoms with Gasteiger partial charge in [0.1, 0.15) is 5.41 Å². The predicted octanol–water partition coefficient (Wildman–Crippen LogP) is 3.85. The van der Waals surface area contributed by atoms with Crippen LogP contribution in [0.2, 0.25) is 0 Å². The molecule has 1 rings (SSSR count). The van der Waals surface area contributed by atoms with Gasteiger partial charge in [-0.1, -0.05) is 57.0 Å². The summed E-state index contributed by atoms with van der Waals surface area (Å²) in [5.74, 6) is -0.0956. The number of aryl methyl sites for hydroxylation is 1. The smallest absolute Gasteiger partial charge is 0.240 e. The van der Waals surface area contributed by atoms with Crippen molar-refractivity contribution in [3.8, 4) is 6.07 Å². The van der Waals surface area contributed by atoms with Crippen LogP contribution in [0.5, 0.6) is 0 Å². The highest BCUT2D eigenvalue weighted by atomic mass is 16.2. The predicted molar refractivity (Wildman–Crippen MR) is 85.6 cm³/mol. The molecule has 0 saturated carbocycles. The van der Waals surface area contributed by atoms with Gasteiger partial charge >= 0.3 is 0 Å². The Morgan fingerprint density at radius 3 is 2.33 bits per heavy atom. The number of carbonyl (C=O) groups excluding carboxylic acids is 1. The fourth-order valence-electron chi connectivity index (χ4n) is 2.68. The molecule has 0 unspecified atom stereocenters. The minimum absolute atomic E-state index is 0.0956. The highest BCUT2D eigenvalue weighted by molar-refractivity contribution is 5.85. The summed E-state index contributed by atoms with van der Waals surface area (Å²) in [6, 6.07) is 12.5. The van der Waals surface area contributed by atoms with Gasteiger partial charge < -0.3 is 5.32 Å². The summed E-state index contributed by atoms with van der Waals surface area (Å²) in [7, 11) is 0. The first-order valence-electron chi connectivity index (χ1n) is 7.92. The van der Waals surface area contributed by atoms with Gasteiger partial charge in [-0.3, -0.25) is 4.79 Å². The average molecular weight is 286 g/mol. The van der Waals surface area contributed by atoms with Crippen LogP contribution in [0, 0.1) is 16.7 Å². The van der Waals surface area contributed by atoms with Crippen LogP contribution in [0.25, 0.3) is 0 Å². The summed E-state index contributed by atoms with van der Waals surface area (Å²) in [4.78, 5) is 12.4. The fraction of sp³-hybridized carbons (Fsp3) is 0.556. The van der Waals surface area contributed by atoms with E-state index in [1.54, 1.807) is 0 Å². The highest BCUT2D eigenvalue weighted by Crippen LogP contribution is 2.29. The molecule has 3 heteroatoms. The molecule has 1 aromatic rings. The van der Waals surface area contributed by atoms with Crippen LogP contribution in [-0.4, -0.2) is 12.5 Å². The third-order valence-electron chi connectivity index (χ3n) is 3.77. The van der Waals surface area contributed by atoms with Gasteiger partial charge in [0.25, 0.3) is 0 Å². The molecule has 0 heterocycles. The number of nitrogens with one attached hydrogen (secondary N) is 1. The van der Waals surface area contributed by atoms with Crippen LogP contribution in [0.3, 0.4) is 0 Å². The molecule has 114 valence electrons. The van der Waals surface area contributed by atoms with Crippen molar-refractivity contribution in [3.63, 3.8) is 0 Å². The van der Waals surface area contributed by atoms with Crippen LogP contribution in [0.15, 0.2) is 30.3 Å². The van der Waals surface area contributed by atoms with Crippen LogP contribution in [-0.2, 0) is 11.2 Å². The number of nitriles is 1. The van der Waals surface area contributed by atoms with E-state index in [1.165, 1.54) is 5.56 Å². The van der Waals surface area contributed by atoms with Crippen LogP contribution < -0.4 is 5.32 Å². The number of carbonyl (C=O) groups is 1. The van der Waals surface area contributed by atoms with Crippen LogP contribution >= 0.6 is 0 Å². The number of hydrogen-bond donors (Lipinski definition) is 1. The number of benzene rings is 1. The summed E-state index contributed by atoms with van der Waals surface area (Å²) >= 11 is 0. The van der Waals surface area contributed by atoms with Crippen molar-refractivity contribution < 1.29 is 4.79 Å². The number of amides is 1. The van der Waals surface area contributed by atoms with Crippen molar-refractivity contribution in [2.75, 3.05) is 6.54 Å². The Labute approximate surface area is 128 Å². The summed E-state index contributed by atoms with van der Waals surface area (Å²) in [6.07, 6.45) is 4.83. The molecule has 0 bridgehead atoms. The summed E-state index contributed by atoms with van der Waals surface area (Å²) in [5.41, 5.74) is 0.441. The van der Waals surface area contributed by atoms with E-state index in [2.05, 4.69) is 23.5 Å². The van der Waals surface area contributed by atoms with Crippen LogP contribution in [0.1, 0.15) is 51.5 Å². The van der Waals surface area contributed by atoms with Crippen molar-refractivity contribution >= 4 is 5.91 Å². The van der Waals surface area contributed by atoms with Crippen molar-refractivity contribution in [2.24, 2.45) is 5.41 Å². The molecule has 21 heavy (non-hydrogen) atoms. The Hall–Kier alpha value is -1.82. The van der Waals surface area contributed by atoms with Gasteiger partial charge in [0.2, 0.25) is 5.91 Å². The molecule has 3 nitrogen and oxygen atoms in total. The molecule has 1 amide bonds. The van der Waals surface area contributed by atoms with E-state index in [9.17, 15) is 10.1 Å². The first kappa shape index (κ1) is 17.2. The Morgan fingerprint density at radius 2 is 1.81 bits per heavy atom. The van der Waals surface area contributed by atoms with Crippen molar-refractivity contribution in [1.82, 2.24) is 5.32 Å². The Bertz CT molecular complexity index is 456. The topological polar surface area (TPSA) is 52.9 Å². The van der Waals surface area contributed by atoms with E-state index in [0.29, 0.717) is 19.4 Å². The van der Waals surface area contributed by atoms with Gasteiger partial charge in [-0.15, -0.1) is 0 Å². The van der Waals surface area contributed by atoms with E-state index in [-0.39, 0.29) is 5.91 Å². The second kappa shape index (κ2) is 9.18. The molecule has 1 N–H and O–H groups in total. The third-order valence-corrected chi connectivity index (χ3v) is 3.77. The monoisotopic (exact) mass is 286 g/mol. The lowest BCUT2D eigenvalue weighted by atomic mass is 9.80. The quantitative estimate of drug-likeness (QED) is 0.701. The average Bonchev–Trinajstić information content (AvgIpc) is 2.52. The molecule has 0 radical (unpaired) electrons. The Morgan fingerprint density at radius 1 is 1.19 bits per heavy atom. The SMILES string of the molecule is CCCC(C#N)(CCC)C(=O)NCCCc1ccccc1. The van der Waals surface area contributed by atoms with Gasteiger partial charge in [-0.05, 0) is 31.2 Å². The fourth-order valence-corrected chi connectivity index (χ4v) is 2.68. The Balaban J connectivity index is 2.45. The maximum atomic E-state index is 12.4. The lowest BCUT2D eigenvalue weighted by molar-refractivity contribution is -0.128. The molecule has 0 atom stereocenters. The standard InChI is InChI=1S/C18H26N2O/c1-3-12-18(15-19,13-4-2)17(21)20-14-8-11-16-9-6-5-7-10-16/h5-7,9-10H,3-4,8,11-14H2,1-2H3,(H,20,21). The molecule has 0 aliphatic carbocycles. The second-order valence-electron chi connectivity index (χ2n) is 5.54. The lowest BCUT2D eigenvalue weighted by Gasteiger charge is -2.24. The van der Waals surface area contributed by atoms with Crippen molar-refractivity contribution in [3.05, 3.63) is 35.9 Å². The normalized spacial score (nSPS) is 10.9. The minimum Gasteiger partial charge on any atom is -0.355 e. The zero-order valence-corrected chi connectivity index (χ0v) is 13.2. The molecule has 0 saturated heterocycles. The molecule has 0 fully saturated rings. The highest BCUT2D eigenvalue weighted by Gasteiger charge is 2.36. The second-order valence-corrected chi connectivity index (χ2v) is 5.54. The van der Waals surface area contributed by atoms with Crippen molar-refractivity contribution in [1.29, 1.82) is 5.26 Å². The molecule has 0 aromatic heterocycles. The molecular formula is C18H26N2O. The first-order valence-corrected chi connectivity index (χ1v) is 7.92. The van der Waals surface area contributed by atoms with Gasteiger partial charge in [0.05, 0.1) is 6.07 Å². The largest absolute Gasteiger partial charge is 0.355 e. The van der Waals surface area contributed by atoms with Gasteiger partial charge in [0.15, 0.2) is 0 Å². The molecule has 0 aliphatic rings. The number of nitrogens with zero attached hydrogens (tertiary/aromatic N) is 1. The third kappa shape index (κ3) is 5.23. The first-order chi connectivity index (χ1) is 10.2. The van der Waals surface area contributed by atoms with Crippen LogP contribution in [0.4, 0.5) is 0 Å². The molecule has 1 aromatic carbocycles. The van der Waals surface area contributed by atoms with E-state index >= 15 is 0 Å². The summed E-state index contributed by atoms with van der Waals surface area (Å²) < 4.78 is 0. The zero-order chi connectivity index (χ0) is 15.6. The molecule has 0 spiro atoms. The van der Waals surface area contributed by atoms with Gasteiger partial charge in [0, 0.05) is 6.54 Å². The van der Waals surface area contributed by atoms with Gasteiger partial charge in [-0.2, -0.15) is 5.26 Å². The summed E-state index contributed by atoms with van der Waals surface area (Å²) in [6.45, 7) is 4.67. The zero-order valence-electron chi connectivity index (χ0n) is 13.2. The summed E-state index contributed by atoms with van der Waals surface area (Å²) in [5, 5.41) is 12.4. The lowest BCUT2D eigenvalue weighted by Crippen LogP contribution is -2.40. The van der Waals surface area contributed by atoms with E-state index in [4.69, 9.17) is 0 Å². The van der Waals surface area contributed by atoms with E-state index < -0.39 is 5.41 Å². The van der Waals surface area contributed by atoms with E-state index in [1.807, 2.05) is 32.0 Å². The van der Waals surface area contributed by atoms with E-state index in [0.717, 1.165) is 25.7 Å². The number of hydrogen-bond acceptors (Lipinski definition) is 2. The molecular weight excluding hydrogens is 260 g/mol. The molecule has 0 aliphatic heterocycles. The maximum absolute atomic E-state index is 12.4. The maximum Gasteiger partial charge on any atom is 0.240 e. The number of rotatable bonds is 9. The van der Waals surface area contributed by atoms with Gasteiger partial charge in [-0.25, -0.2) is 0 Å². The van der Waals surface area contributed by atoms with Crippen molar-refractivity contribution in [2.45, 2.75) is 52.4 Å².